The standard InChI is InChI=1S/C17H27N/c1-3-4-5-7-14(2)18-13-15-10-11-16-8-6-9-17(16)12-15/h10-12,14,18H,3-9,13H2,1-2H3. The van der Waals surface area contributed by atoms with E-state index < -0.39 is 0 Å². The predicted octanol–water partition coefficient (Wildman–Crippen LogP) is 4.23. The van der Waals surface area contributed by atoms with Crippen molar-refractivity contribution in [2.24, 2.45) is 0 Å². The number of hydrogen-bond acceptors (Lipinski definition) is 1. The molecule has 1 aromatic rings. The zero-order valence-electron chi connectivity index (χ0n) is 12.0. The Morgan fingerprint density at radius 3 is 2.83 bits per heavy atom. The molecule has 0 aliphatic heterocycles. The van der Waals surface area contributed by atoms with Crippen molar-refractivity contribution in [3.05, 3.63) is 34.9 Å². The van der Waals surface area contributed by atoms with Gasteiger partial charge in [-0.2, -0.15) is 0 Å². The molecule has 18 heavy (non-hydrogen) atoms. The first kappa shape index (κ1) is 13.6. The number of fused-ring (bicyclic) bond motifs is 1. The zero-order valence-corrected chi connectivity index (χ0v) is 12.0. The van der Waals surface area contributed by atoms with E-state index in [9.17, 15) is 0 Å². The Bertz CT molecular complexity index is 370. The van der Waals surface area contributed by atoms with Gasteiger partial charge in [-0.05, 0) is 49.3 Å². The highest BCUT2D eigenvalue weighted by Gasteiger charge is 2.10. The van der Waals surface area contributed by atoms with Gasteiger partial charge in [0, 0.05) is 12.6 Å². The molecule has 0 aromatic heterocycles. The highest BCUT2D eigenvalue weighted by Crippen LogP contribution is 2.22. The summed E-state index contributed by atoms with van der Waals surface area (Å²) in [4.78, 5) is 0. The maximum atomic E-state index is 3.65. The number of hydrogen-bond donors (Lipinski definition) is 1. The summed E-state index contributed by atoms with van der Waals surface area (Å²) in [7, 11) is 0. The van der Waals surface area contributed by atoms with Crippen LogP contribution < -0.4 is 5.32 Å². The minimum absolute atomic E-state index is 0.643. The van der Waals surface area contributed by atoms with Crippen LogP contribution in [0, 0.1) is 0 Å². The SMILES string of the molecule is CCCCCC(C)NCc1ccc2c(c1)CCC2. The first-order valence-electron chi connectivity index (χ1n) is 7.63. The van der Waals surface area contributed by atoms with Crippen molar-refractivity contribution in [2.75, 3.05) is 0 Å². The lowest BCUT2D eigenvalue weighted by Crippen LogP contribution is -2.25. The predicted molar refractivity (Wildman–Crippen MR) is 78.9 cm³/mol. The van der Waals surface area contributed by atoms with Gasteiger partial charge in [-0.1, -0.05) is 44.4 Å². The molecule has 0 radical (unpaired) electrons. The second-order valence-electron chi connectivity index (χ2n) is 5.73. The van der Waals surface area contributed by atoms with Gasteiger partial charge in [0.05, 0.1) is 0 Å². The fourth-order valence-corrected chi connectivity index (χ4v) is 2.83. The van der Waals surface area contributed by atoms with Crippen LogP contribution in [-0.4, -0.2) is 6.04 Å². The molecule has 1 atom stereocenters. The molecule has 1 heteroatoms. The van der Waals surface area contributed by atoms with Crippen LogP contribution in [-0.2, 0) is 19.4 Å². The molecule has 100 valence electrons. The van der Waals surface area contributed by atoms with Gasteiger partial charge >= 0.3 is 0 Å². The quantitative estimate of drug-likeness (QED) is 0.709. The lowest BCUT2D eigenvalue weighted by atomic mass is 10.1. The molecule has 0 saturated heterocycles. The van der Waals surface area contributed by atoms with E-state index in [-0.39, 0.29) is 0 Å². The third-order valence-electron chi connectivity index (χ3n) is 4.06. The topological polar surface area (TPSA) is 12.0 Å². The average Bonchev–Trinajstić information content (AvgIpc) is 2.84. The molecule has 0 bridgehead atoms. The van der Waals surface area contributed by atoms with Crippen LogP contribution in [0.3, 0.4) is 0 Å². The molecule has 1 nitrogen and oxygen atoms in total. The lowest BCUT2D eigenvalue weighted by molar-refractivity contribution is 0.487. The molecule has 2 rings (SSSR count). The molecule has 0 heterocycles. The maximum Gasteiger partial charge on any atom is 0.0208 e. The zero-order chi connectivity index (χ0) is 12.8. The van der Waals surface area contributed by atoms with Crippen molar-refractivity contribution in [1.29, 1.82) is 0 Å². The largest absolute Gasteiger partial charge is 0.310 e. The summed E-state index contributed by atoms with van der Waals surface area (Å²) >= 11 is 0. The monoisotopic (exact) mass is 245 g/mol. The first-order valence-corrected chi connectivity index (χ1v) is 7.63. The van der Waals surface area contributed by atoms with Gasteiger partial charge in [-0.3, -0.25) is 0 Å². The summed E-state index contributed by atoms with van der Waals surface area (Å²) in [5.41, 5.74) is 4.63. The Balaban J connectivity index is 1.76. The van der Waals surface area contributed by atoms with Gasteiger partial charge in [0.15, 0.2) is 0 Å². The van der Waals surface area contributed by atoms with E-state index in [0.717, 1.165) is 6.54 Å². The Labute approximate surface area is 112 Å². The summed E-state index contributed by atoms with van der Waals surface area (Å²) in [6.45, 7) is 5.60. The molecule has 1 aromatic carbocycles. The van der Waals surface area contributed by atoms with E-state index in [1.165, 1.54) is 50.5 Å². The highest BCUT2D eigenvalue weighted by molar-refractivity contribution is 5.35. The molecular formula is C17H27N. The normalized spacial score (nSPS) is 15.7. The smallest absolute Gasteiger partial charge is 0.0208 e. The number of benzene rings is 1. The summed E-state index contributed by atoms with van der Waals surface area (Å²) in [6.07, 6.45) is 9.27. The fourth-order valence-electron chi connectivity index (χ4n) is 2.83. The van der Waals surface area contributed by atoms with Crippen molar-refractivity contribution < 1.29 is 0 Å². The lowest BCUT2D eigenvalue weighted by Gasteiger charge is -2.14. The summed E-state index contributed by atoms with van der Waals surface area (Å²) in [5, 5.41) is 3.65. The number of aryl methyl sites for hydroxylation is 2. The minimum Gasteiger partial charge on any atom is -0.310 e. The molecule has 1 aliphatic rings. The van der Waals surface area contributed by atoms with Crippen molar-refractivity contribution in [3.8, 4) is 0 Å². The van der Waals surface area contributed by atoms with Crippen LogP contribution in [0.1, 0.15) is 62.6 Å². The van der Waals surface area contributed by atoms with E-state index in [0.29, 0.717) is 6.04 Å². The van der Waals surface area contributed by atoms with Gasteiger partial charge in [0.2, 0.25) is 0 Å². The van der Waals surface area contributed by atoms with Crippen LogP contribution in [0.2, 0.25) is 0 Å². The molecule has 1 unspecified atom stereocenters. The fraction of sp³-hybridized carbons (Fsp3) is 0.647. The van der Waals surface area contributed by atoms with E-state index in [1.54, 1.807) is 11.1 Å². The van der Waals surface area contributed by atoms with Crippen molar-refractivity contribution >= 4 is 0 Å². The van der Waals surface area contributed by atoms with E-state index in [4.69, 9.17) is 0 Å². The Morgan fingerprint density at radius 1 is 1.17 bits per heavy atom. The number of nitrogens with one attached hydrogen (secondary N) is 1. The first-order chi connectivity index (χ1) is 8.79. The van der Waals surface area contributed by atoms with Gasteiger partial charge in [-0.15, -0.1) is 0 Å². The Kier molecular flexibility index (Phi) is 5.25. The second-order valence-corrected chi connectivity index (χ2v) is 5.73. The number of unbranched alkanes of at least 4 members (excludes halogenated alkanes) is 2. The molecule has 0 saturated carbocycles. The van der Waals surface area contributed by atoms with E-state index in [2.05, 4.69) is 37.4 Å². The second kappa shape index (κ2) is 6.94. The minimum atomic E-state index is 0.643. The third kappa shape index (κ3) is 3.84. The Morgan fingerprint density at radius 2 is 2.00 bits per heavy atom. The Hall–Kier alpha value is -0.820. The maximum absolute atomic E-state index is 3.65. The van der Waals surface area contributed by atoms with E-state index >= 15 is 0 Å². The molecule has 0 amide bonds. The summed E-state index contributed by atoms with van der Waals surface area (Å²) < 4.78 is 0. The summed E-state index contributed by atoms with van der Waals surface area (Å²) in [6, 6.07) is 7.69. The van der Waals surface area contributed by atoms with Crippen molar-refractivity contribution in [3.63, 3.8) is 0 Å². The molecule has 1 aliphatic carbocycles. The van der Waals surface area contributed by atoms with Crippen LogP contribution >= 0.6 is 0 Å². The van der Waals surface area contributed by atoms with Gasteiger partial charge in [-0.25, -0.2) is 0 Å². The molecular weight excluding hydrogens is 218 g/mol. The number of rotatable bonds is 7. The van der Waals surface area contributed by atoms with Crippen molar-refractivity contribution in [2.45, 2.75) is 71.4 Å². The van der Waals surface area contributed by atoms with Gasteiger partial charge in [0.25, 0.3) is 0 Å². The molecule has 0 spiro atoms. The third-order valence-corrected chi connectivity index (χ3v) is 4.06. The van der Waals surface area contributed by atoms with E-state index in [1.807, 2.05) is 0 Å². The summed E-state index contributed by atoms with van der Waals surface area (Å²) in [5.74, 6) is 0. The van der Waals surface area contributed by atoms with Gasteiger partial charge < -0.3 is 5.32 Å². The molecule has 0 fully saturated rings. The van der Waals surface area contributed by atoms with Crippen LogP contribution in [0.15, 0.2) is 18.2 Å². The molecule has 1 N–H and O–H groups in total. The van der Waals surface area contributed by atoms with Gasteiger partial charge in [0.1, 0.15) is 0 Å². The van der Waals surface area contributed by atoms with Crippen LogP contribution in [0.4, 0.5) is 0 Å². The van der Waals surface area contributed by atoms with Crippen LogP contribution in [0.25, 0.3) is 0 Å². The van der Waals surface area contributed by atoms with Crippen LogP contribution in [0.5, 0.6) is 0 Å². The highest BCUT2D eigenvalue weighted by atomic mass is 14.9. The average molecular weight is 245 g/mol. The van der Waals surface area contributed by atoms with Crippen molar-refractivity contribution in [1.82, 2.24) is 5.32 Å².